The van der Waals surface area contributed by atoms with Crippen LogP contribution in [0.15, 0.2) is 42.5 Å². The number of esters is 2. The highest BCUT2D eigenvalue weighted by atomic mass is 16.6. The lowest BCUT2D eigenvalue weighted by Gasteiger charge is -2.28. The van der Waals surface area contributed by atoms with Gasteiger partial charge in [0.2, 0.25) is 0 Å². The molecule has 2 aromatic carbocycles. The Hall–Kier alpha value is -2.62. The molecule has 27 heavy (non-hydrogen) atoms. The summed E-state index contributed by atoms with van der Waals surface area (Å²) in [6.07, 6.45) is 0. The van der Waals surface area contributed by atoms with Crippen LogP contribution in [0.2, 0.25) is 0 Å². The maximum absolute atomic E-state index is 12.8. The fourth-order valence-corrected chi connectivity index (χ4v) is 2.84. The lowest BCUT2D eigenvalue weighted by molar-refractivity contribution is -0.146. The van der Waals surface area contributed by atoms with Gasteiger partial charge in [0.1, 0.15) is 5.60 Å². The Morgan fingerprint density at radius 1 is 0.963 bits per heavy atom. The Morgan fingerprint density at radius 3 is 2.11 bits per heavy atom. The summed E-state index contributed by atoms with van der Waals surface area (Å²) < 4.78 is 33.7. The molecule has 0 heterocycles. The van der Waals surface area contributed by atoms with E-state index in [1.54, 1.807) is 65.0 Å². The molecule has 2 aromatic rings. The Bertz CT molecular complexity index is 942. The second kappa shape index (κ2) is 7.55. The van der Waals surface area contributed by atoms with Gasteiger partial charge in [-0.3, -0.25) is 4.79 Å². The lowest BCUT2D eigenvalue weighted by Crippen LogP contribution is -2.30. The van der Waals surface area contributed by atoms with Gasteiger partial charge in [-0.05, 0) is 64.2 Å². The molecule has 144 valence electrons. The second-order valence-corrected chi connectivity index (χ2v) is 7.64. The van der Waals surface area contributed by atoms with E-state index in [1.165, 1.54) is 19.2 Å². The van der Waals surface area contributed by atoms with Crippen LogP contribution in [0, 0.1) is 13.8 Å². The highest BCUT2D eigenvalue weighted by Gasteiger charge is 2.32. The zero-order valence-electron chi connectivity index (χ0n) is 19.7. The molecule has 0 aliphatic heterocycles. The predicted octanol–water partition coefficient (Wildman–Crippen LogP) is 4.85. The maximum atomic E-state index is 12.8. The SMILES string of the molecule is [2H]C([2H])([2H])c1cc(C)ccc1C(=O)OC(C)(C)c1ccc(C(C)(C)C(=O)OC)cc1. The van der Waals surface area contributed by atoms with Crippen LogP contribution in [0.3, 0.4) is 0 Å². The normalized spacial score (nSPS) is 13.9. The Labute approximate surface area is 165 Å². The van der Waals surface area contributed by atoms with Crippen molar-refractivity contribution in [3.63, 3.8) is 0 Å². The van der Waals surface area contributed by atoms with Gasteiger partial charge in [0.25, 0.3) is 0 Å². The summed E-state index contributed by atoms with van der Waals surface area (Å²) in [5, 5.41) is 0. The third-order valence-electron chi connectivity index (χ3n) is 4.74. The molecule has 0 aliphatic rings. The molecule has 0 saturated heterocycles. The molecule has 0 aliphatic carbocycles. The molecule has 0 fully saturated rings. The fraction of sp³-hybridized carbons (Fsp3) is 0.391. The first-order chi connectivity index (χ1) is 13.7. The topological polar surface area (TPSA) is 52.6 Å². The molecule has 0 spiro atoms. The molecule has 0 bridgehead atoms. The third kappa shape index (κ3) is 4.38. The van der Waals surface area contributed by atoms with Crippen LogP contribution in [0.1, 0.15) is 64.4 Å². The number of aryl methyl sites for hydroxylation is 2. The summed E-state index contributed by atoms with van der Waals surface area (Å²) in [4.78, 5) is 24.9. The minimum Gasteiger partial charge on any atom is -0.468 e. The van der Waals surface area contributed by atoms with E-state index >= 15 is 0 Å². The number of methoxy groups -OCH3 is 1. The molecule has 0 saturated carbocycles. The molecule has 0 aromatic heterocycles. The van der Waals surface area contributed by atoms with Crippen LogP contribution in [-0.4, -0.2) is 19.0 Å². The average molecular weight is 371 g/mol. The molecule has 4 heteroatoms. The standard InChI is InChI=1S/C23H28O4/c1-15-8-13-19(16(2)14-15)20(24)27-23(5,6)18-11-9-17(10-12-18)22(3,4)21(25)26-7/h8-14H,1-7H3/i2D3. The van der Waals surface area contributed by atoms with Gasteiger partial charge >= 0.3 is 11.9 Å². The van der Waals surface area contributed by atoms with Crippen molar-refractivity contribution in [2.75, 3.05) is 7.11 Å². The van der Waals surface area contributed by atoms with Crippen LogP contribution in [0.25, 0.3) is 0 Å². The maximum Gasteiger partial charge on any atom is 0.339 e. The van der Waals surface area contributed by atoms with Gasteiger partial charge < -0.3 is 9.47 Å². The molecule has 0 atom stereocenters. The van der Waals surface area contributed by atoms with Crippen molar-refractivity contribution in [3.8, 4) is 0 Å². The molecule has 4 nitrogen and oxygen atoms in total. The van der Waals surface area contributed by atoms with Crippen molar-refractivity contribution in [1.29, 1.82) is 0 Å². The van der Waals surface area contributed by atoms with Gasteiger partial charge in [-0.2, -0.15) is 0 Å². The van der Waals surface area contributed by atoms with Crippen LogP contribution in [0.5, 0.6) is 0 Å². The zero-order valence-corrected chi connectivity index (χ0v) is 16.7. The monoisotopic (exact) mass is 371 g/mol. The van der Waals surface area contributed by atoms with Crippen molar-refractivity contribution < 1.29 is 23.2 Å². The Kier molecular flexibility index (Phi) is 4.63. The van der Waals surface area contributed by atoms with E-state index in [9.17, 15) is 9.59 Å². The lowest BCUT2D eigenvalue weighted by atomic mass is 9.83. The first kappa shape index (κ1) is 16.5. The molecule has 0 radical (unpaired) electrons. The number of rotatable bonds is 5. The van der Waals surface area contributed by atoms with Gasteiger partial charge in [0.05, 0.1) is 18.1 Å². The van der Waals surface area contributed by atoms with Gasteiger partial charge in [0.15, 0.2) is 0 Å². The summed E-state index contributed by atoms with van der Waals surface area (Å²) in [6.45, 7) is 6.35. The highest BCUT2D eigenvalue weighted by molar-refractivity contribution is 5.91. The Balaban J connectivity index is 2.31. The van der Waals surface area contributed by atoms with E-state index < -0.39 is 23.8 Å². The van der Waals surface area contributed by atoms with Crippen LogP contribution in [-0.2, 0) is 25.3 Å². The minimum atomic E-state index is -2.42. The van der Waals surface area contributed by atoms with E-state index in [4.69, 9.17) is 13.6 Å². The summed E-state index contributed by atoms with van der Waals surface area (Å²) in [6, 6.07) is 11.8. The van der Waals surface area contributed by atoms with Crippen LogP contribution >= 0.6 is 0 Å². The first-order valence-corrected chi connectivity index (χ1v) is 8.74. The first-order valence-electron chi connectivity index (χ1n) is 10.2. The largest absolute Gasteiger partial charge is 0.468 e. The summed E-state index contributed by atoms with van der Waals surface area (Å²) in [5.41, 5.74) is 0.398. The molecule has 0 amide bonds. The van der Waals surface area contributed by atoms with E-state index in [2.05, 4.69) is 0 Å². The second-order valence-electron chi connectivity index (χ2n) is 7.64. The zero-order chi connectivity index (χ0) is 22.9. The highest BCUT2D eigenvalue weighted by Crippen LogP contribution is 2.30. The smallest absolute Gasteiger partial charge is 0.339 e. The number of carbonyl (C=O) groups is 2. The van der Waals surface area contributed by atoms with Crippen molar-refractivity contribution in [2.45, 2.75) is 52.5 Å². The van der Waals surface area contributed by atoms with Crippen molar-refractivity contribution in [3.05, 3.63) is 70.3 Å². The van der Waals surface area contributed by atoms with E-state index in [-0.39, 0.29) is 17.1 Å². The summed E-state index contributed by atoms with van der Waals surface area (Å²) in [5.74, 6) is -1.05. The van der Waals surface area contributed by atoms with Gasteiger partial charge in [-0.25, -0.2) is 4.79 Å². The average Bonchev–Trinajstić information content (AvgIpc) is 2.66. The number of ether oxygens (including phenoxy) is 2. The third-order valence-corrected chi connectivity index (χ3v) is 4.74. The number of hydrogen-bond donors (Lipinski definition) is 0. The van der Waals surface area contributed by atoms with E-state index in [0.29, 0.717) is 5.56 Å². The van der Waals surface area contributed by atoms with Gasteiger partial charge in [-0.1, -0.05) is 42.0 Å². The number of benzene rings is 2. The molecular formula is C23H28O4. The Morgan fingerprint density at radius 2 is 1.56 bits per heavy atom. The summed E-state index contributed by atoms with van der Waals surface area (Å²) >= 11 is 0. The van der Waals surface area contributed by atoms with Gasteiger partial charge in [-0.15, -0.1) is 0 Å². The van der Waals surface area contributed by atoms with Crippen LogP contribution < -0.4 is 0 Å². The molecule has 0 unspecified atom stereocenters. The predicted molar refractivity (Wildman–Crippen MR) is 106 cm³/mol. The van der Waals surface area contributed by atoms with Crippen molar-refractivity contribution >= 4 is 11.9 Å². The number of carbonyl (C=O) groups excluding carboxylic acids is 2. The van der Waals surface area contributed by atoms with Crippen LogP contribution in [0.4, 0.5) is 0 Å². The molecule has 0 N–H and O–H groups in total. The molecule has 2 rings (SSSR count). The number of hydrogen-bond acceptors (Lipinski definition) is 4. The fourth-order valence-electron chi connectivity index (χ4n) is 2.84. The van der Waals surface area contributed by atoms with E-state index in [0.717, 1.165) is 11.1 Å². The molecular weight excluding hydrogens is 340 g/mol. The van der Waals surface area contributed by atoms with Crippen molar-refractivity contribution in [1.82, 2.24) is 0 Å². The summed E-state index contributed by atoms with van der Waals surface area (Å²) in [7, 11) is 1.35. The van der Waals surface area contributed by atoms with Crippen molar-refractivity contribution in [2.24, 2.45) is 0 Å². The van der Waals surface area contributed by atoms with Gasteiger partial charge in [0, 0.05) is 4.11 Å². The minimum absolute atomic E-state index is 0.0251. The quantitative estimate of drug-likeness (QED) is 0.705. The van der Waals surface area contributed by atoms with E-state index in [1.807, 2.05) is 0 Å².